The summed E-state index contributed by atoms with van der Waals surface area (Å²) in [6.07, 6.45) is 0. The number of ether oxygens (including phenoxy) is 2. The molecule has 26 heavy (non-hydrogen) atoms. The van der Waals surface area contributed by atoms with Crippen molar-refractivity contribution in [1.29, 1.82) is 0 Å². The van der Waals surface area contributed by atoms with Gasteiger partial charge in [-0.2, -0.15) is 4.99 Å². The summed E-state index contributed by atoms with van der Waals surface area (Å²) in [6.45, 7) is 0. The number of nitro benzene ring substituents is 1. The van der Waals surface area contributed by atoms with Gasteiger partial charge in [-0.05, 0) is 24.3 Å². The van der Waals surface area contributed by atoms with Crippen molar-refractivity contribution in [2.45, 2.75) is 0 Å². The van der Waals surface area contributed by atoms with E-state index in [1.165, 1.54) is 37.7 Å². The Morgan fingerprint density at radius 2 is 1.96 bits per heavy atom. The number of fused-ring (bicyclic) bond motifs is 1. The number of nitro groups is 1. The van der Waals surface area contributed by atoms with E-state index in [2.05, 4.69) is 4.99 Å². The fourth-order valence-electron chi connectivity index (χ4n) is 2.46. The van der Waals surface area contributed by atoms with Gasteiger partial charge in [-0.3, -0.25) is 14.9 Å². The number of hydrogen-bond acceptors (Lipinski definition) is 6. The van der Waals surface area contributed by atoms with Gasteiger partial charge in [0.25, 0.3) is 11.6 Å². The highest BCUT2D eigenvalue weighted by Crippen LogP contribution is 2.25. The summed E-state index contributed by atoms with van der Waals surface area (Å²) in [5.74, 6) is 0.414. The van der Waals surface area contributed by atoms with Crippen molar-refractivity contribution >= 4 is 33.1 Å². The van der Waals surface area contributed by atoms with E-state index in [1.54, 1.807) is 35.9 Å². The highest BCUT2D eigenvalue weighted by atomic mass is 32.1. The van der Waals surface area contributed by atoms with Crippen molar-refractivity contribution in [3.05, 3.63) is 56.9 Å². The predicted octanol–water partition coefficient (Wildman–Crippen LogP) is 2.91. The molecular formula is C17H15N3O5S. The summed E-state index contributed by atoms with van der Waals surface area (Å²) < 4.78 is 12.8. The quantitative estimate of drug-likeness (QED) is 0.517. The molecule has 8 nitrogen and oxygen atoms in total. The standard InChI is InChI=1S/C17H15N3O5S/c1-19-13-8-10(20(22)23)4-7-15(13)26-17(19)18-16(21)12-9-11(24-2)5-6-14(12)25-3/h4-9H,1-3H3. The van der Waals surface area contributed by atoms with Crippen molar-refractivity contribution in [3.63, 3.8) is 0 Å². The molecule has 0 fully saturated rings. The normalized spacial score (nSPS) is 11.6. The van der Waals surface area contributed by atoms with Crippen molar-refractivity contribution in [3.8, 4) is 11.5 Å². The number of non-ortho nitro benzene ring substituents is 1. The van der Waals surface area contributed by atoms with Crippen LogP contribution in [0.1, 0.15) is 10.4 Å². The maximum Gasteiger partial charge on any atom is 0.283 e. The van der Waals surface area contributed by atoms with Gasteiger partial charge in [-0.1, -0.05) is 11.3 Å². The zero-order chi connectivity index (χ0) is 18.8. The zero-order valence-corrected chi connectivity index (χ0v) is 15.1. The lowest BCUT2D eigenvalue weighted by molar-refractivity contribution is -0.384. The summed E-state index contributed by atoms with van der Waals surface area (Å²) in [5.41, 5.74) is 0.891. The number of benzene rings is 2. The molecule has 0 radical (unpaired) electrons. The van der Waals surface area contributed by atoms with Gasteiger partial charge in [0.2, 0.25) is 0 Å². The first-order valence-electron chi connectivity index (χ1n) is 7.49. The Morgan fingerprint density at radius 1 is 1.19 bits per heavy atom. The van der Waals surface area contributed by atoms with Gasteiger partial charge in [-0.25, -0.2) is 0 Å². The van der Waals surface area contributed by atoms with Gasteiger partial charge in [0.05, 0.1) is 34.9 Å². The lowest BCUT2D eigenvalue weighted by Gasteiger charge is -2.07. The fraction of sp³-hybridized carbons (Fsp3) is 0.176. The number of hydrogen-bond donors (Lipinski definition) is 0. The molecule has 0 aliphatic rings. The number of aryl methyl sites for hydroxylation is 1. The molecule has 0 unspecified atom stereocenters. The van der Waals surface area contributed by atoms with Crippen LogP contribution in [-0.4, -0.2) is 29.6 Å². The van der Waals surface area contributed by atoms with Crippen LogP contribution in [0.3, 0.4) is 0 Å². The molecule has 9 heteroatoms. The van der Waals surface area contributed by atoms with E-state index in [9.17, 15) is 14.9 Å². The first kappa shape index (κ1) is 17.6. The largest absolute Gasteiger partial charge is 0.497 e. The molecular weight excluding hydrogens is 358 g/mol. The molecule has 134 valence electrons. The van der Waals surface area contributed by atoms with Crippen LogP contribution in [0.25, 0.3) is 10.2 Å². The molecule has 0 saturated carbocycles. The third-order valence-corrected chi connectivity index (χ3v) is 4.95. The van der Waals surface area contributed by atoms with Crippen molar-refractivity contribution < 1.29 is 19.2 Å². The lowest BCUT2D eigenvalue weighted by Crippen LogP contribution is -2.13. The molecule has 0 N–H and O–H groups in total. The molecule has 0 spiro atoms. The Bertz CT molecular complexity index is 1080. The Balaban J connectivity index is 2.11. The Hall–Kier alpha value is -3.20. The average Bonchev–Trinajstić information content (AvgIpc) is 2.96. The summed E-state index contributed by atoms with van der Waals surface area (Å²) in [7, 11) is 4.68. The lowest BCUT2D eigenvalue weighted by atomic mass is 10.2. The number of rotatable bonds is 4. The number of nitrogens with zero attached hydrogens (tertiary/aromatic N) is 3. The summed E-state index contributed by atoms with van der Waals surface area (Å²) in [6, 6.07) is 9.41. The Kier molecular flexibility index (Phi) is 4.72. The topological polar surface area (TPSA) is 96.0 Å². The predicted molar refractivity (Wildman–Crippen MR) is 96.9 cm³/mol. The van der Waals surface area contributed by atoms with E-state index in [1.807, 2.05) is 0 Å². The maximum absolute atomic E-state index is 12.6. The smallest absolute Gasteiger partial charge is 0.283 e. The van der Waals surface area contributed by atoms with E-state index in [0.717, 1.165) is 4.70 Å². The van der Waals surface area contributed by atoms with Crippen LogP contribution in [0.15, 0.2) is 41.4 Å². The number of aromatic nitrogens is 1. The van der Waals surface area contributed by atoms with E-state index in [4.69, 9.17) is 9.47 Å². The molecule has 1 heterocycles. The molecule has 0 aliphatic heterocycles. The molecule has 1 aromatic heterocycles. The summed E-state index contributed by atoms with van der Waals surface area (Å²) in [5, 5.41) is 11.0. The molecule has 3 aromatic rings. The molecule has 3 rings (SSSR count). The second-order valence-corrected chi connectivity index (χ2v) is 6.35. The number of amides is 1. The zero-order valence-electron chi connectivity index (χ0n) is 14.3. The van der Waals surface area contributed by atoms with Gasteiger partial charge in [0.15, 0.2) is 4.80 Å². The second-order valence-electron chi connectivity index (χ2n) is 5.34. The van der Waals surface area contributed by atoms with Crippen LogP contribution in [0, 0.1) is 10.1 Å². The highest BCUT2D eigenvalue weighted by molar-refractivity contribution is 7.16. The summed E-state index contributed by atoms with van der Waals surface area (Å²) >= 11 is 1.27. The highest BCUT2D eigenvalue weighted by Gasteiger charge is 2.15. The molecule has 0 atom stereocenters. The monoisotopic (exact) mass is 373 g/mol. The van der Waals surface area contributed by atoms with Crippen molar-refractivity contribution in [2.24, 2.45) is 12.0 Å². The minimum Gasteiger partial charge on any atom is -0.497 e. The number of carbonyl (C=O) groups is 1. The molecule has 0 bridgehead atoms. The van der Waals surface area contributed by atoms with Crippen LogP contribution in [-0.2, 0) is 7.05 Å². The van der Waals surface area contributed by atoms with Crippen LogP contribution in [0.4, 0.5) is 5.69 Å². The van der Waals surface area contributed by atoms with Gasteiger partial charge < -0.3 is 14.0 Å². The molecule has 2 aromatic carbocycles. The maximum atomic E-state index is 12.6. The van der Waals surface area contributed by atoms with Crippen LogP contribution in [0.2, 0.25) is 0 Å². The van der Waals surface area contributed by atoms with Crippen LogP contribution in [0.5, 0.6) is 11.5 Å². The average molecular weight is 373 g/mol. The first-order valence-corrected chi connectivity index (χ1v) is 8.31. The van der Waals surface area contributed by atoms with E-state index >= 15 is 0 Å². The Morgan fingerprint density at radius 3 is 2.62 bits per heavy atom. The number of thiazole rings is 1. The van der Waals surface area contributed by atoms with E-state index in [0.29, 0.717) is 21.8 Å². The molecule has 0 aliphatic carbocycles. The van der Waals surface area contributed by atoms with Gasteiger partial charge in [0, 0.05) is 19.2 Å². The van der Waals surface area contributed by atoms with E-state index < -0.39 is 10.8 Å². The fourth-order valence-corrected chi connectivity index (χ4v) is 3.46. The van der Waals surface area contributed by atoms with Crippen molar-refractivity contribution in [2.75, 3.05) is 14.2 Å². The minimum atomic E-state index is -0.489. The number of methoxy groups -OCH3 is 2. The van der Waals surface area contributed by atoms with Gasteiger partial charge in [-0.15, -0.1) is 0 Å². The second kappa shape index (κ2) is 6.96. The minimum absolute atomic E-state index is 0.0155. The number of carbonyl (C=O) groups excluding carboxylic acids is 1. The Labute approximate surface area is 152 Å². The molecule has 1 amide bonds. The van der Waals surface area contributed by atoms with Gasteiger partial charge >= 0.3 is 0 Å². The third-order valence-electron chi connectivity index (χ3n) is 3.84. The third kappa shape index (κ3) is 3.16. The van der Waals surface area contributed by atoms with E-state index in [-0.39, 0.29) is 11.3 Å². The first-order chi connectivity index (χ1) is 12.4. The van der Waals surface area contributed by atoms with Crippen LogP contribution >= 0.6 is 11.3 Å². The van der Waals surface area contributed by atoms with Crippen molar-refractivity contribution in [1.82, 2.24) is 4.57 Å². The van der Waals surface area contributed by atoms with Gasteiger partial charge in [0.1, 0.15) is 11.5 Å². The SMILES string of the molecule is COc1ccc(OC)c(C(=O)N=c2sc3ccc([N+](=O)[O-])cc3n2C)c1. The summed E-state index contributed by atoms with van der Waals surface area (Å²) in [4.78, 5) is 27.7. The molecule has 0 saturated heterocycles. The van der Waals surface area contributed by atoms with Crippen LogP contribution < -0.4 is 14.3 Å².